The second-order valence-corrected chi connectivity index (χ2v) is 4.08. The van der Waals surface area contributed by atoms with Crippen molar-refractivity contribution in [2.45, 2.75) is 19.4 Å². The predicted octanol–water partition coefficient (Wildman–Crippen LogP) is 1.80. The number of hydrogen-bond donors (Lipinski definition) is 1. The molecule has 0 atom stereocenters. The van der Waals surface area contributed by atoms with Gasteiger partial charge in [-0.2, -0.15) is 0 Å². The maximum atomic E-state index is 12.8. The summed E-state index contributed by atoms with van der Waals surface area (Å²) in [5.41, 5.74) is 8.84. The average molecular weight is 233 g/mol. The molecule has 0 aliphatic rings. The van der Waals surface area contributed by atoms with E-state index >= 15 is 0 Å². The monoisotopic (exact) mass is 233 g/mol. The summed E-state index contributed by atoms with van der Waals surface area (Å²) < 4.78 is 14.7. The number of hydrogen-bond acceptors (Lipinski definition) is 2. The van der Waals surface area contributed by atoms with Crippen molar-refractivity contribution in [3.8, 4) is 0 Å². The van der Waals surface area contributed by atoms with Crippen molar-refractivity contribution in [2.24, 2.45) is 12.8 Å². The van der Waals surface area contributed by atoms with Gasteiger partial charge in [-0.25, -0.2) is 9.37 Å². The molecular formula is C13H16FN3. The highest BCUT2D eigenvalue weighted by atomic mass is 19.1. The number of rotatable bonds is 4. The summed E-state index contributed by atoms with van der Waals surface area (Å²) in [6.07, 6.45) is 3.52. The molecule has 0 saturated carbocycles. The summed E-state index contributed by atoms with van der Waals surface area (Å²) in [4.78, 5) is 4.24. The Morgan fingerprint density at radius 3 is 2.59 bits per heavy atom. The van der Waals surface area contributed by atoms with E-state index in [9.17, 15) is 4.39 Å². The molecule has 0 bridgehead atoms. The molecule has 0 amide bonds. The second-order valence-electron chi connectivity index (χ2n) is 4.08. The van der Waals surface area contributed by atoms with Gasteiger partial charge in [0.25, 0.3) is 0 Å². The topological polar surface area (TPSA) is 43.8 Å². The van der Waals surface area contributed by atoms with Crippen molar-refractivity contribution in [1.29, 1.82) is 0 Å². The van der Waals surface area contributed by atoms with Gasteiger partial charge < -0.3 is 10.3 Å². The van der Waals surface area contributed by atoms with E-state index in [0.717, 1.165) is 29.8 Å². The molecule has 3 nitrogen and oxygen atoms in total. The molecule has 2 aromatic rings. The minimum atomic E-state index is -0.197. The highest BCUT2D eigenvalue weighted by Crippen LogP contribution is 2.11. The number of halogens is 1. The van der Waals surface area contributed by atoms with Gasteiger partial charge in [-0.1, -0.05) is 12.1 Å². The Balaban J connectivity index is 2.06. The molecule has 90 valence electrons. The zero-order valence-electron chi connectivity index (χ0n) is 9.86. The van der Waals surface area contributed by atoms with Gasteiger partial charge in [0.05, 0.1) is 12.0 Å². The standard InChI is InChI=1S/C13H16FN3/c1-17-9-16-12(8-15)13(17)7-4-10-2-5-11(14)6-3-10/h2-3,5-6,9H,4,7-8,15H2,1H3. The predicted molar refractivity (Wildman–Crippen MR) is 64.9 cm³/mol. The normalized spacial score (nSPS) is 10.8. The van der Waals surface area contributed by atoms with Crippen molar-refractivity contribution in [2.75, 3.05) is 0 Å². The van der Waals surface area contributed by atoms with E-state index in [0.29, 0.717) is 6.54 Å². The van der Waals surface area contributed by atoms with E-state index in [1.807, 2.05) is 23.7 Å². The summed E-state index contributed by atoms with van der Waals surface area (Å²) >= 11 is 0. The van der Waals surface area contributed by atoms with Gasteiger partial charge in [-0.3, -0.25) is 0 Å². The maximum Gasteiger partial charge on any atom is 0.123 e. The maximum absolute atomic E-state index is 12.8. The van der Waals surface area contributed by atoms with Crippen LogP contribution in [0.1, 0.15) is 17.0 Å². The lowest BCUT2D eigenvalue weighted by Gasteiger charge is -2.05. The zero-order valence-corrected chi connectivity index (χ0v) is 9.86. The quantitative estimate of drug-likeness (QED) is 0.875. The fraction of sp³-hybridized carbons (Fsp3) is 0.308. The fourth-order valence-electron chi connectivity index (χ4n) is 1.91. The average Bonchev–Trinajstić information content (AvgIpc) is 2.69. The summed E-state index contributed by atoms with van der Waals surface area (Å²) in [6, 6.07) is 6.60. The lowest BCUT2D eigenvalue weighted by atomic mass is 10.1. The third kappa shape index (κ3) is 2.71. The molecule has 0 aliphatic heterocycles. The molecule has 2 N–H and O–H groups in total. The molecule has 2 rings (SSSR count). The van der Waals surface area contributed by atoms with Crippen LogP contribution in [0.2, 0.25) is 0 Å². The van der Waals surface area contributed by atoms with Crippen LogP contribution in [0, 0.1) is 5.82 Å². The first-order valence-corrected chi connectivity index (χ1v) is 5.64. The molecule has 0 saturated heterocycles. The summed E-state index contributed by atoms with van der Waals surface area (Å²) in [5, 5.41) is 0. The lowest BCUT2D eigenvalue weighted by molar-refractivity contribution is 0.626. The Morgan fingerprint density at radius 1 is 1.24 bits per heavy atom. The van der Waals surface area contributed by atoms with Crippen LogP contribution in [0.25, 0.3) is 0 Å². The number of nitrogens with zero attached hydrogens (tertiary/aromatic N) is 2. The van der Waals surface area contributed by atoms with Crippen molar-refractivity contribution >= 4 is 0 Å². The number of aryl methyl sites for hydroxylation is 2. The van der Waals surface area contributed by atoms with Crippen LogP contribution in [0.3, 0.4) is 0 Å². The first-order valence-electron chi connectivity index (χ1n) is 5.64. The van der Waals surface area contributed by atoms with Gasteiger partial charge in [-0.15, -0.1) is 0 Å². The molecule has 0 aliphatic carbocycles. The third-order valence-electron chi connectivity index (χ3n) is 2.90. The van der Waals surface area contributed by atoms with Gasteiger partial charge in [0.15, 0.2) is 0 Å². The van der Waals surface area contributed by atoms with Gasteiger partial charge in [0.1, 0.15) is 5.82 Å². The van der Waals surface area contributed by atoms with Gasteiger partial charge >= 0.3 is 0 Å². The molecule has 17 heavy (non-hydrogen) atoms. The molecule has 0 unspecified atom stereocenters. The largest absolute Gasteiger partial charge is 0.337 e. The Morgan fingerprint density at radius 2 is 1.94 bits per heavy atom. The van der Waals surface area contributed by atoms with Crippen molar-refractivity contribution in [3.05, 3.63) is 53.4 Å². The third-order valence-corrected chi connectivity index (χ3v) is 2.90. The van der Waals surface area contributed by atoms with Crippen LogP contribution in [0.5, 0.6) is 0 Å². The highest BCUT2D eigenvalue weighted by molar-refractivity contribution is 5.19. The van der Waals surface area contributed by atoms with E-state index in [4.69, 9.17) is 5.73 Å². The summed E-state index contributed by atoms with van der Waals surface area (Å²) in [7, 11) is 1.96. The van der Waals surface area contributed by atoms with Gasteiger partial charge in [-0.05, 0) is 30.5 Å². The van der Waals surface area contributed by atoms with Gasteiger partial charge in [0, 0.05) is 19.3 Å². The van der Waals surface area contributed by atoms with E-state index in [-0.39, 0.29) is 5.82 Å². The van der Waals surface area contributed by atoms with Gasteiger partial charge in [0.2, 0.25) is 0 Å². The van der Waals surface area contributed by atoms with E-state index in [1.54, 1.807) is 6.33 Å². The molecule has 1 heterocycles. The molecular weight excluding hydrogens is 217 g/mol. The van der Waals surface area contributed by atoms with Crippen molar-refractivity contribution < 1.29 is 4.39 Å². The van der Waals surface area contributed by atoms with E-state index in [2.05, 4.69) is 4.98 Å². The van der Waals surface area contributed by atoms with Crippen molar-refractivity contribution in [1.82, 2.24) is 9.55 Å². The highest BCUT2D eigenvalue weighted by Gasteiger charge is 2.07. The van der Waals surface area contributed by atoms with Crippen LogP contribution in [-0.4, -0.2) is 9.55 Å². The minimum Gasteiger partial charge on any atom is -0.337 e. The lowest BCUT2D eigenvalue weighted by Crippen LogP contribution is -2.05. The Hall–Kier alpha value is -1.68. The molecule has 1 aromatic carbocycles. The zero-order chi connectivity index (χ0) is 12.3. The van der Waals surface area contributed by atoms with Crippen LogP contribution >= 0.6 is 0 Å². The van der Waals surface area contributed by atoms with Crippen LogP contribution < -0.4 is 5.73 Å². The molecule has 0 radical (unpaired) electrons. The van der Waals surface area contributed by atoms with Crippen LogP contribution in [0.4, 0.5) is 4.39 Å². The van der Waals surface area contributed by atoms with Crippen molar-refractivity contribution in [3.63, 3.8) is 0 Å². The SMILES string of the molecule is Cn1cnc(CN)c1CCc1ccc(F)cc1. The molecule has 0 spiro atoms. The second kappa shape index (κ2) is 5.10. The number of aromatic nitrogens is 2. The Bertz CT molecular complexity index is 488. The Kier molecular flexibility index (Phi) is 3.54. The molecule has 0 fully saturated rings. The molecule has 4 heteroatoms. The van der Waals surface area contributed by atoms with E-state index < -0.39 is 0 Å². The Labute approximate surface area is 100 Å². The van der Waals surface area contributed by atoms with Crippen LogP contribution in [0.15, 0.2) is 30.6 Å². The first kappa shape index (κ1) is 11.8. The first-order chi connectivity index (χ1) is 8.20. The summed E-state index contributed by atoms with van der Waals surface area (Å²) in [5.74, 6) is -0.197. The smallest absolute Gasteiger partial charge is 0.123 e. The van der Waals surface area contributed by atoms with Crippen LogP contribution in [-0.2, 0) is 26.4 Å². The van der Waals surface area contributed by atoms with E-state index in [1.165, 1.54) is 12.1 Å². The number of nitrogens with two attached hydrogens (primary N) is 1. The number of imidazole rings is 1. The summed E-state index contributed by atoms with van der Waals surface area (Å²) in [6.45, 7) is 0.458. The fourth-order valence-corrected chi connectivity index (χ4v) is 1.91. The minimum absolute atomic E-state index is 0.197. The number of benzene rings is 1. The molecule has 1 aromatic heterocycles.